The first-order valence-corrected chi connectivity index (χ1v) is 9.67. The van der Waals surface area contributed by atoms with Gasteiger partial charge in [0, 0.05) is 29.6 Å². The number of amides is 2. The molecule has 4 atom stereocenters. The summed E-state index contributed by atoms with van der Waals surface area (Å²) in [4.78, 5) is 26.9. The van der Waals surface area contributed by atoms with Crippen molar-refractivity contribution in [2.45, 2.75) is 37.2 Å². The Morgan fingerprint density at radius 2 is 1.74 bits per heavy atom. The number of hydrogen-bond donors (Lipinski definition) is 2. The summed E-state index contributed by atoms with van der Waals surface area (Å²) in [6.45, 7) is 1.68. The van der Waals surface area contributed by atoms with Crippen molar-refractivity contribution in [2.24, 2.45) is 5.92 Å². The van der Waals surface area contributed by atoms with E-state index < -0.39 is 6.10 Å². The third-order valence-electron chi connectivity index (χ3n) is 5.60. The van der Waals surface area contributed by atoms with Gasteiger partial charge < -0.3 is 24.8 Å². The Morgan fingerprint density at radius 1 is 1.07 bits per heavy atom. The van der Waals surface area contributed by atoms with Gasteiger partial charge in [0.15, 0.2) is 0 Å². The Morgan fingerprint density at radius 3 is 2.44 bits per heavy atom. The highest BCUT2D eigenvalue weighted by molar-refractivity contribution is 6.30. The van der Waals surface area contributed by atoms with Crippen LogP contribution in [-0.4, -0.2) is 72.5 Å². The van der Waals surface area contributed by atoms with Crippen LogP contribution in [0.15, 0.2) is 24.3 Å². The summed E-state index contributed by atoms with van der Waals surface area (Å²) in [6.07, 6.45) is -0.0178. The Bertz CT molecular complexity index is 705. The molecule has 4 unspecified atom stereocenters. The zero-order valence-electron chi connectivity index (χ0n) is 14.8. The van der Waals surface area contributed by atoms with E-state index in [-0.39, 0.29) is 42.6 Å². The van der Waals surface area contributed by atoms with E-state index in [0.717, 1.165) is 0 Å². The van der Waals surface area contributed by atoms with Crippen molar-refractivity contribution < 1.29 is 24.2 Å². The molecule has 27 heavy (non-hydrogen) atoms. The first kappa shape index (κ1) is 18.7. The largest absolute Gasteiger partial charge is 0.388 e. The highest BCUT2D eigenvalue weighted by Crippen LogP contribution is 2.28. The number of fused-ring (bicyclic) bond motifs is 1. The lowest BCUT2D eigenvalue weighted by molar-refractivity contribution is -0.127. The second-order valence-electron chi connectivity index (χ2n) is 7.35. The predicted octanol–water partition coefficient (Wildman–Crippen LogP) is 0.835. The van der Waals surface area contributed by atoms with Gasteiger partial charge in [0.2, 0.25) is 5.91 Å². The molecule has 1 aromatic rings. The fraction of sp³-hybridized carbons (Fsp3) is 0.579. The second-order valence-corrected chi connectivity index (χ2v) is 7.79. The van der Waals surface area contributed by atoms with Crippen molar-refractivity contribution >= 4 is 23.4 Å². The number of carbonyl (C=O) groups is 2. The Balaban J connectivity index is 1.28. The average molecular weight is 395 g/mol. The van der Waals surface area contributed by atoms with E-state index in [2.05, 4.69) is 5.32 Å². The van der Waals surface area contributed by atoms with Crippen LogP contribution in [0.25, 0.3) is 0 Å². The maximum Gasteiger partial charge on any atom is 0.253 e. The van der Waals surface area contributed by atoms with E-state index in [1.165, 1.54) is 0 Å². The molecule has 3 fully saturated rings. The fourth-order valence-electron chi connectivity index (χ4n) is 4.02. The van der Waals surface area contributed by atoms with E-state index in [4.69, 9.17) is 21.1 Å². The van der Waals surface area contributed by atoms with E-state index in [9.17, 15) is 14.7 Å². The molecule has 3 aliphatic heterocycles. The quantitative estimate of drug-likeness (QED) is 0.793. The van der Waals surface area contributed by atoms with Gasteiger partial charge in [-0.2, -0.15) is 0 Å². The standard InChI is InChI=1S/C19H23ClN2O5/c20-13-3-1-12(2-4-13)19(25)22-7-5-11(6-8-22)18(24)21-14-9-26-17-15(23)10-27-16(14)17/h1-4,11,14-17,23H,5-10H2,(H,21,24). The molecule has 0 spiro atoms. The molecule has 0 bridgehead atoms. The van der Waals surface area contributed by atoms with E-state index in [1.807, 2.05) is 0 Å². The lowest BCUT2D eigenvalue weighted by atomic mass is 9.94. The van der Waals surface area contributed by atoms with Gasteiger partial charge in [0.05, 0.1) is 19.3 Å². The van der Waals surface area contributed by atoms with Gasteiger partial charge in [-0.3, -0.25) is 9.59 Å². The van der Waals surface area contributed by atoms with Crippen LogP contribution >= 0.6 is 11.6 Å². The smallest absolute Gasteiger partial charge is 0.253 e. The molecule has 0 aromatic heterocycles. The normalized spacial score (nSPS) is 31.0. The van der Waals surface area contributed by atoms with E-state index in [0.29, 0.717) is 43.1 Å². The summed E-state index contributed by atoms with van der Waals surface area (Å²) < 4.78 is 11.1. The maximum atomic E-state index is 12.6. The number of likely N-dealkylation sites (tertiary alicyclic amines) is 1. The lowest BCUT2D eigenvalue weighted by Gasteiger charge is -2.32. The summed E-state index contributed by atoms with van der Waals surface area (Å²) in [6, 6.07) is 6.61. The molecule has 2 amide bonds. The Hall–Kier alpha value is -1.67. The average Bonchev–Trinajstić information content (AvgIpc) is 3.25. The highest BCUT2D eigenvalue weighted by Gasteiger charge is 2.48. The van der Waals surface area contributed by atoms with Crippen LogP contribution in [0.1, 0.15) is 23.2 Å². The van der Waals surface area contributed by atoms with Crippen LogP contribution in [0.2, 0.25) is 5.02 Å². The number of aliphatic hydroxyl groups excluding tert-OH is 1. The minimum atomic E-state index is -0.626. The number of benzene rings is 1. The molecule has 0 aliphatic carbocycles. The second kappa shape index (κ2) is 7.75. The SMILES string of the molecule is O=C(NC1COC2C(O)COC12)C1CCN(C(=O)c2ccc(Cl)cc2)CC1. The van der Waals surface area contributed by atoms with Crippen molar-refractivity contribution in [2.75, 3.05) is 26.3 Å². The van der Waals surface area contributed by atoms with Gasteiger partial charge in [-0.05, 0) is 37.1 Å². The van der Waals surface area contributed by atoms with Crippen molar-refractivity contribution in [3.63, 3.8) is 0 Å². The van der Waals surface area contributed by atoms with Crippen LogP contribution in [-0.2, 0) is 14.3 Å². The Kier molecular flexibility index (Phi) is 5.36. The molecular formula is C19H23ClN2O5. The zero-order valence-corrected chi connectivity index (χ0v) is 15.6. The first-order chi connectivity index (χ1) is 13.0. The topological polar surface area (TPSA) is 88.1 Å². The molecule has 3 heterocycles. The minimum Gasteiger partial charge on any atom is -0.388 e. The number of piperidine rings is 1. The maximum absolute atomic E-state index is 12.6. The molecule has 3 saturated heterocycles. The lowest BCUT2D eigenvalue weighted by Crippen LogP contribution is -2.49. The van der Waals surface area contributed by atoms with Gasteiger partial charge >= 0.3 is 0 Å². The summed E-state index contributed by atoms with van der Waals surface area (Å²) in [7, 11) is 0. The Labute approximate surface area is 162 Å². The number of halogens is 1. The first-order valence-electron chi connectivity index (χ1n) is 9.29. The van der Waals surface area contributed by atoms with Gasteiger partial charge in [-0.1, -0.05) is 11.6 Å². The third-order valence-corrected chi connectivity index (χ3v) is 5.85. The summed E-state index contributed by atoms with van der Waals surface area (Å²) >= 11 is 5.87. The number of ether oxygens (including phenoxy) is 2. The van der Waals surface area contributed by atoms with Gasteiger partial charge in [-0.25, -0.2) is 0 Å². The van der Waals surface area contributed by atoms with Crippen LogP contribution in [0.5, 0.6) is 0 Å². The van der Waals surface area contributed by atoms with Crippen LogP contribution in [0, 0.1) is 5.92 Å². The van der Waals surface area contributed by atoms with E-state index >= 15 is 0 Å². The molecule has 7 nitrogen and oxygen atoms in total. The van der Waals surface area contributed by atoms with Crippen molar-refractivity contribution in [3.05, 3.63) is 34.9 Å². The molecule has 146 valence electrons. The number of nitrogens with zero attached hydrogens (tertiary/aromatic N) is 1. The fourth-order valence-corrected chi connectivity index (χ4v) is 4.15. The van der Waals surface area contributed by atoms with Crippen molar-refractivity contribution in [3.8, 4) is 0 Å². The van der Waals surface area contributed by atoms with E-state index in [1.54, 1.807) is 29.2 Å². The van der Waals surface area contributed by atoms with Crippen molar-refractivity contribution in [1.82, 2.24) is 10.2 Å². The predicted molar refractivity (Wildman–Crippen MR) is 97.5 cm³/mol. The number of hydrogen-bond acceptors (Lipinski definition) is 5. The van der Waals surface area contributed by atoms with Gasteiger partial charge in [-0.15, -0.1) is 0 Å². The van der Waals surface area contributed by atoms with Gasteiger partial charge in [0.1, 0.15) is 18.3 Å². The zero-order chi connectivity index (χ0) is 19.0. The molecular weight excluding hydrogens is 372 g/mol. The number of nitrogens with one attached hydrogen (secondary N) is 1. The molecule has 0 radical (unpaired) electrons. The molecule has 1 aromatic carbocycles. The van der Waals surface area contributed by atoms with Crippen LogP contribution < -0.4 is 5.32 Å². The molecule has 2 N–H and O–H groups in total. The number of rotatable bonds is 3. The molecule has 3 aliphatic rings. The number of aliphatic hydroxyl groups is 1. The highest BCUT2D eigenvalue weighted by atomic mass is 35.5. The third kappa shape index (κ3) is 3.82. The molecule has 4 rings (SSSR count). The van der Waals surface area contributed by atoms with Crippen molar-refractivity contribution in [1.29, 1.82) is 0 Å². The summed E-state index contributed by atoms with van der Waals surface area (Å²) in [5, 5.41) is 13.4. The summed E-state index contributed by atoms with van der Waals surface area (Å²) in [5.41, 5.74) is 0.605. The number of carbonyl (C=O) groups excluding carboxylic acids is 2. The van der Waals surface area contributed by atoms with Crippen LogP contribution in [0.4, 0.5) is 0 Å². The van der Waals surface area contributed by atoms with Gasteiger partial charge in [0.25, 0.3) is 5.91 Å². The molecule has 0 saturated carbocycles. The monoisotopic (exact) mass is 394 g/mol. The summed E-state index contributed by atoms with van der Waals surface area (Å²) in [5.74, 6) is -0.205. The minimum absolute atomic E-state index is 0.0344. The molecule has 8 heteroatoms. The van der Waals surface area contributed by atoms with Crippen LogP contribution in [0.3, 0.4) is 0 Å².